The Morgan fingerprint density at radius 2 is 2.04 bits per heavy atom. The number of likely N-dealkylation sites (tertiary alicyclic amines) is 2. The van der Waals surface area contributed by atoms with Crippen LogP contribution in [0.2, 0.25) is 0 Å². The lowest BCUT2D eigenvalue weighted by Gasteiger charge is -2.38. The zero-order valence-corrected chi connectivity index (χ0v) is 15.3. The lowest BCUT2D eigenvalue weighted by molar-refractivity contribution is -0.135. The van der Waals surface area contributed by atoms with Crippen molar-refractivity contribution in [2.24, 2.45) is 5.92 Å². The lowest BCUT2D eigenvalue weighted by atomic mass is 9.87. The second kappa shape index (κ2) is 7.22. The van der Waals surface area contributed by atoms with Gasteiger partial charge in [0.2, 0.25) is 11.8 Å². The normalized spacial score (nSPS) is 26.7. The topological polar surface area (TPSA) is 53.5 Å². The molecule has 5 heteroatoms. The number of hydrogen-bond acceptors (Lipinski definition) is 3. The number of allylic oxidation sites excluding steroid dienone is 2. The quantitative estimate of drug-likeness (QED) is 0.785. The number of pyridine rings is 1. The number of carbonyl (C=O) groups excluding carboxylic acids is 2. The van der Waals surface area contributed by atoms with Gasteiger partial charge < -0.3 is 9.80 Å². The van der Waals surface area contributed by atoms with E-state index in [1.165, 1.54) is 0 Å². The molecule has 0 bridgehead atoms. The smallest absolute Gasteiger partial charge is 0.226 e. The first-order valence-electron chi connectivity index (χ1n) is 9.81. The molecule has 0 aromatic carbocycles. The Hall–Kier alpha value is -2.17. The molecule has 3 aliphatic rings. The highest BCUT2D eigenvalue weighted by Crippen LogP contribution is 2.40. The Morgan fingerprint density at radius 1 is 1.19 bits per heavy atom. The van der Waals surface area contributed by atoms with Crippen molar-refractivity contribution < 1.29 is 9.59 Å². The molecular formula is C21H27N3O2. The first-order chi connectivity index (χ1) is 12.7. The molecule has 26 heavy (non-hydrogen) atoms. The Balaban J connectivity index is 1.47. The molecule has 4 rings (SSSR count). The van der Waals surface area contributed by atoms with Gasteiger partial charge in [0.05, 0.1) is 0 Å². The predicted molar refractivity (Wildman–Crippen MR) is 99.0 cm³/mol. The van der Waals surface area contributed by atoms with Crippen LogP contribution in [0.5, 0.6) is 0 Å². The van der Waals surface area contributed by atoms with E-state index in [2.05, 4.69) is 26.9 Å². The minimum Gasteiger partial charge on any atom is -0.342 e. The van der Waals surface area contributed by atoms with Crippen LogP contribution in [-0.2, 0) is 16.1 Å². The maximum atomic E-state index is 12.8. The molecule has 2 aliphatic heterocycles. The average molecular weight is 353 g/mol. The molecule has 138 valence electrons. The highest BCUT2D eigenvalue weighted by molar-refractivity contribution is 5.81. The Kier molecular flexibility index (Phi) is 4.79. The summed E-state index contributed by atoms with van der Waals surface area (Å²) in [7, 11) is 0. The zero-order valence-electron chi connectivity index (χ0n) is 15.3. The Labute approximate surface area is 155 Å². The van der Waals surface area contributed by atoms with Crippen LogP contribution in [0.4, 0.5) is 0 Å². The molecule has 3 heterocycles. The van der Waals surface area contributed by atoms with Crippen LogP contribution in [-0.4, -0.2) is 45.2 Å². The van der Waals surface area contributed by atoms with Crippen LogP contribution in [0.25, 0.3) is 0 Å². The number of carbonyl (C=O) groups is 2. The number of amides is 2. The van der Waals surface area contributed by atoms with E-state index in [9.17, 15) is 9.59 Å². The first-order valence-corrected chi connectivity index (χ1v) is 9.81. The summed E-state index contributed by atoms with van der Waals surface area (Å²) in [5, 5.41) is 0. The third-order valence-electron chi connectivity index (χ3n) is 6.33. The highest BCUT2D eigenvalue weighted by atomic mass is 16.2. The molecule has 1 aromatic heterocycles. The van der Waals surface area contributed by atoms with Crippen LogP contribution in [0.15, 0.2) is 36.7 Å². The summed E-state index contributed by atoms with van der Waals surface area (Å²) in [6, 6.07) is 3.96. The molecule has 2 saturated heterocycles. The number of rotatable bonds is 3. The summed E-state index contributed by atoms with van der Waals surface area (Å²) in [4.78, 5) is 33.7. The second-order valence-corrected chi connectivity index (χ2v) is 7.88. The standard InChI is InChI=1S/C21H27N3O2/c25-19-8-10-21(24(19)16-17-5-3-12-22-15-17)9-4-13-23(14-11-21)20(26)18-6-1-2-7-18/h1-3,5,12,15,18H,4,6-11,13-14,16H2/t21-/m1/s1. The van der Waals surface area contributed by atoms with Crippen molar-refractivity contribution >= 4 is 11.8 Å². The van der Waals surface area contributed by atoms with E-state index in [-0.39, 0.29) is 17.4 Å². The van der Waals surface area contributed by atoms with E-state index in [1.807, 2.05) is 18.3 Å². The van der Waals surface area contributed by atoms with E-state index < -0.39 is 0 Å². The molecule has 1 spiro atoms. The third kappa shape index (κ3) is 3.27. The van der Waals surface area contributed by atoms with Gasteiger partial charge in [-0.3, -0.25) is 14.6 Å². The van der Waals surface area contributed by atoms with Gasteiger partial charge in [-0.1, -0.05) is 18.2 Å². The molecule has 2 fully saturated rings. The van der Waals surface area contributed by atoms with Crippen LogP contribution in [0, 0.1) is 5.92 Å². The molecule has 2 amide bonds. The van der Waals surface area contributed by atoms with Gasteiger partial charge >= 0.3 is 0 Å². The highest BCUT2D eigenvalue weighted by Gasteiger charge is 2.46. The maximum absolute atomic E-state index is 12.8. The summed E-state index contributed by atoms with van der Waals surface area (Å²) in [6.45, 7) is 2.23. The van der Waals surface area contributed by atoms with Gasteiger partial charge in [0.1, 0.15) is 0 Å². The zero-order chi connectivity index (χ0) is 18.0. The SMILES string of the molecule is O=C(C1CC=CC1)N1CCC[C@@]2(CCC(=O)N2Cc2cccnc2)CC1. The Morgan fingerprint density at radius 3 is 2.81 bits per heavy atom. The summed E-state index contributed by atoms with van der Waals surface area (Å²) in [5.74, 6) is 0.685. The Bertz CT molecular complexity index is 694. The third-order valence-corrected chi connectivity index (χ3v) is 6.33. The van der Waals surface area contributed by atoms with Gasteiger partial charge in [-0.05, 0) is 50.2 Å². The van der Waals surface area contributed by atoms with E-state index >= 15 is 0 Å². The number of nitrogens with zero attached hydrogens (tertiary/aromatic N) is 3. The fraction of sp³-hybridized carbons (Fsp3) is 0.571. The lowest BCUT2D eigenvalue weighted by Crippen LogP contribution is -2.46. The maximum Gasteiger partial charge on any atom is 0.226 e. The molecule has 0 saturated carbocycles. The van der Waals surface area contributed by atoms with E-state index in [0.29, 0.717) is 18.9 Å². The molecule has 1 atom stereocenters. The van der Waals surface area contributed by atoms with Crippen LogP contribution in [0.3, 0.4) is 0 Å². The van der Waals surface area contributed by atoms with Crippen molar-refractivity contribution in [3.05, 3.63) is 42.2 Å². The van der Waals surface area contributed by atoms with Gasteiger partial charge in [0.15, 0.2) is 0 Å². The average Bonchev–Trinajstić information content (AvgIpc) is 3.23. The van der Waals surface area contributed by atoms with Gasteiger partial charge in [-0.2, -0.15) is 0 Å². The fourth-order valence-electron chi connectivity index (χ4n) is 4.80. The van der Waals surface area contributed by atoms with Crippen molar-refractivity contribution in [3.8, 4) is 0 Å². The predicted octanol–water partition coefficient (Wildman–Crippen LogP) is 2.92. The van der Waals surface area contributed by atoms with Gasteiger partial charge in [0.25, 0.3) is 0 Å². The van der Waals surface area contributed by atoms with Crippen molar-refractivity contribution in [1.29, 1.82) is 0 Å². The van der Waals surface area contributed by atoms with Crippen LogP contribution >= 0.6 is 0 Å². The van der Waals surface area contributed by atoms with Crippen LogP contribution in [0.1, 0.15) is 50.5 Å². The second-order valence-electron chi connectivity index (χ2n) is 7.88. The minimum absolute atomic E-state index is 0.0874. The van der Waals surface area contributed by atoms with Crippen molar-refractivity contribution in [2.45, 2.75) is 57.0 Å². The summed E-state index contributed by atoms with van der Waals surface area (Å²) < 4.78 is 0. The molecule has 1 aliphatic carbocycles. The van der Waals surface area contributed by atoms with Crippen molar-refractivity contribution in [3.63, 3.8) is 0 Å². The molecule has 0 N–H and O–H groups in total. The van der Waals surface area contributed by atoms with Crippen molar-refractivity contribution in [1.82, 2.24) is 14.8 Å². The van der Waals surface area contributed by atoms with Gasteiger partial charge in [-0.15, -0.1) is 0 Å². The fourth-order valence-corrected chi connectivity index (χ4v) is 4.80. The van der Waals surface area contributed by atoms with Gasteiger partial charge in [-0.25, -0.2) is 0 Å². The monoisotopic (exact) mass is 353 g/mol. The van der Waals surface area contributed by atoms with Gasteiger partial charge in [0, 0.05) is 49.9 Å². The summed E-state index contributed by atoms with van der Waals surface area (Å²) in [6.07, 6.45) is 14.0. The van der Waals surface area contributed by atoms with Crippen LogP contribution < -0.4 is 0 Å². The molecule has 0 unspecified atom stereocenters. The summed E-state index contributed by atoms with van der Waals surface area (Å²) in [5.41, 5.74) is 0.993. The molecule has 1 aromatic rings. The van der Waals surface area contributed by atoms with E-state index in [4.69, 9.17) is 0 Å². The minimum atomic E-state index is -0.0874. The van der Waals surface area contributed by atoms with E-state index in [1.54, 1.807) is 6.20 Å². The molecule has 0 radical (unpaired) electrons. The largest absolute Gasteiger partial charge is 0.342 e. The van der Waals surface area contributed by atoms with E-state index in [0.717, 1.165) is 57.2 Å². The van der Waals surface area contributed by atoms with Crippen molar-refractivity contribution in [2.75, 3.05) is 13.1 Å². The molecule has 5 nitrogen and oxygen atoms in total. The number of aromatic nitrogens is 1. The summed E-state index contributed by atoms with van der Waals surface area (Å²) >= 11 is 0. The molecular weight excluding hydrogens is 326 g/mol. The number of hydrogen-bond donors (Lipinski definition) is 0. The first kappa shape index (κ1) is 17.3.